The molecule has 15 heavy (non-hydrogen) atoms. The largest absolute Gasteiger partial charge is 0.395 e. The summed E-state index contributed by atoms with van der Waals surface area (Å²) in [7, 11) is 0. The van der Waals surface area contributed by atoms with Crippen LogP contribution in [0.2, 0.25) is 0 Å². The van der Waals surface area contributed by atoms with Crippen molar-refractivity contribution < 1.29 is 9.50 Å². The molecule has 0 heterocycles. The summed E-state index contributed by atoms with van der Waals surface area (Å²) in [4.78, 5) is 0. The number of benzene rings is 1. The molecule has 0 saturated heterocycles. The molecule has 0 aromatic heterocycles. The first-order valence-corrected chi connectivity index (χ1v) is 5.26. The summed E-state index contributed by atoms with van der Waals surface area (Å²) in [5, 5.41) is 12.2. The van der Waals surface area contributed by atoms with Crippen LogP contribution in [0.5, 0.6) is 0 Å². The number of aryl methyl sites for hydroxylation is 1. The maximum Gasteiger partial charge on any atom is 0.126 e. The van der Waals surface area contributed by atoms with Crippen molar-refractivity contribution in [3.63, 3.8) is 0 Å². The van der Waals surface area contributed by atoms with E-state index in [1.165, 1.54) is 6.07 Å². The third kappa shape index (κ3) is 3.61. The van der Waals surface area contributed by atoms with E-state index < -0.39 is 0 Å². The second-order valence-corrected chi connectivity index (χ2v) is 3.75. The average Bonchev–Trinajstić information content (AvgIpc) is 2.24. The monoisotopic (exact) mass is 211 g/mol. The number of nitrogens with one attached hydrogen (secondary N) is 1. The summed E-state index contributed by atoms with van der Waals surface area (Å²) in [6.45, 7) is 4.57. The van der Waals surface area contributed by atoms with Gasteiger partial charge in [0.25, 0.3) is 0 Å². The first-order valence-electron chi connectivity index (χ1n) is 5.26. The lowest BCUT2D eigenvalue weighted by Gasteiger charge is -2.14. The molecule has 0 unspecified atom stereocenters. The van der Waals surface area contributed by atoms with Gasteiger partial charge in [-0.1, -0.05) is 19.1 Å². The molecule has 0 amide bonds. The number of hydrogen-bond acceptors (Lipinski definition) is 2. The van der Waals surface area contributed by atoms with Gasteiger partial charge in [0.1, 0.15) is 5.82 Å². The molecule has 0 saturated carbocycles. The number of hydrogen-bond donors (Lipinski definition) is 2. The van der Waals surface area contributed by atoms with Gasteiger partial charge in [0.2, 0.25) is 0 Å². The van der Waals surface area contributed by atoms with Crippen LogP contribution in [0.3, 0.4) is 0 Å². The van der Waals surface area contributed by atoms with E-state index in [0.29, 0.717) is 12.1 Å². The second kappa shape index (κ2) is 5.83. The molecule has 0 aliphatic carbocycles. The minimum atomic E-state index is -0.173. The molecule has 1 atom stereocenters. The molecular weight excluding hydrogens is 193 g/mol. The van der Waals surface area contributed by atoms with Crippen molar-refractivity contribution in [2.24, 2.45) is 0 Å². The highest BCUT2D eigenvalue weighted by molar-refractivity contribution is 5.23. The molecule has 1 aromatic rings. The van der Waals surface area contributed by atoms with Crippen molar-refractivity contribution in [2.45, 2.75) is 32.9 Å². The lowest BCUT2D eigenvalue weighted by molar-refractivity contribution is 0.238. The van der Waals surface area contributed by atoms with Gasteiger partial charge in [-0.3, -0.25) is 0 Å². The first-order chi connectivity index (χ1) is 7.17. The number of aliphatic hydroxyl groups excluding tert-OH is 1. The molecule has 84 valence electrons. The quantitative estimate of drug-likeness (QED) is 0.780. The molecule has 0 bridgehead atoms. The van der Waals surface area contributed by atoms with E-state index in [1.54, 1.807) is 13.0 Å². The molecule has 2 N–H and O–H groups in total. The molecule has 0 aliphatic heterocycles. The summed E-state index contributed by atoms with van der Waals surface area (Å²) >= 11 is 0. The van der Waals surface area contributed by atoms with Gasteiger partial charge in [-0.05, 0) is 30.5 Å². The number of aliphatic hydroxyl groups is 1. The summed E-state index contributed by atoms with van der Waals surface area (Å²) in [6, 6.07) is 5.19. The molecule has 1 rings (SSSR count). The summed E-state index contributed by atoms with van der Waals surface area (Å²) in [5.74, 6) is -0.173. The Kier molecular flexibility index (Phi) is 4.72. The predicted molar refractivity (Wildman–Crippen MR) is 59.1 cm³/mol. The van der Waals surface area contributed by atoms with Crippen LogP contribution >= 0.6 is 0 Å². The third-order valence-electron chi connectivity index (χ3n) is 2.53. The average molecular weight is 211 g/mol. The van der Waals surface area contributed by atoms with Crippen LogP contribution in [0.1, 0.15) is 24.5 Å². The SMILES string of the molecule is CC[C@H](CO)NCc1ccc(F)c(C)c1. The minimum Gasteiger partial charge on any atom is -0.395 e. The Hall–Kier alpha value is -0.930. The fourth-order valence-electron chi connectivity index (χ4n) is 1.42. The number of halogens is 1. The van der Waals surface area contributed by atoms with E-state index in [9.17, 15) is 4.39 Å². The van der Waals surface area contributed by atoms with Gasteiger partial charge in [-0.25, -0.2) is 4.39 Å². The van der Waals surface area contributed by atoms with Crippen molar-refractivity contribution in [2.75, 3.05) is 6.61 Å². The van der Waals surface area contributed by atoms with E-state index in [0.717, 1.165) is 12.0 Å². The highest BCUT2D eigenvalue weighted by Crippen LogP contribution is 2.09. The van der Waals surface area contributed by atoms with Crippen LogP contribution in [-0.2, 0) is 6.54 Å². The fourth-order valence-corrected chi connectivity index (χ4v) is 1.42. The molecule has 2 nitrogen and oxygen atoms in total. The van der Waals surface area contributed by atoms with Crippen LogP contribution in [0.25, 0.3) is 0 Å². The maximum atomic E-state index is 13.0. The maximum absolute atomic E-state index is 13.0. The van der Waals surface area contributed by atoms with E-state index in [-0.39, 0.29) is 18.5 Å². The zero-order chi connectivity index (χ0) is 11.3. The van der Waals surface area contributed by atoms with E-state index >= 15 is 0 Å². The Morgan fingerprint density at radius 3 is 2.73 bits per heavy atom. The summed E-state index contributed by atoms with van der Waals surface area (Å²) in [5.41, 5.74) is 1.70. The molecular formula is C12H18FNO. The molecule has 0 radical (unpaired) electrons. The molecule has 0 aliphatic rings. The van der Waals surface area contributed by atoms with Crippen molar-refractivity contribution in [1.29, 1.82) is 0 Å². The van der Waals surface area contributed by atoms with Crippen molar-refractivity contribution >= 4 is 0 Å². The fraction of sp³-hybridized carbons (Fsp3) is 0.500. The van der Waals surface area contributed by atoms with Gasteiger partial charge < -0.3 is 10.4 Å². The molecule has 1 aromatic carbocycles. The van der Waals surface area contributed by atoms with Gasteiger partial charge in [-0.2, -0.15) is 0 Å². The topological polar surface area (TPSA) is 32.3 Å². The second-order valence-electron chi connectivity index (χ2n) is 3.75. The first kappa shape index (κ1) is 12.1. The predicted octanol–water partition coefficient (Wildman–Crippen LogP) is 1.99. The van der Waals surface area contributed by atoms with Crippen molar-refractivity contribution in [3.8, 4) is 0 Å². The zero-order valence-corrected chi connectivity index (χ0v) is 9.26. The van der Waals surface area contributed by atoms with Crippen molar-refractivity contribution in [1.82, 2.24) is 5.32 Å². The Labute approximate surface area is 90.1 Å². The van der Waals surface area contributed by atoms with E-state index in [4.69, 9.17) is 5.11 Å². The standard InChI is InChI=1S/C12H18FNO/c1-3-11(8-15)14-7-10-4-5-12(13)9(2)6-10/h4-6,11,14-15H,3,7-8H2,1-2H3/t11-/m1/s1. The smallest absolute Gasteiger partial charge is 0.126 e. The van der Waals surface area contributed by atoms with Gasteiger partial charge in [0.15, 0.2) is 0 Å². The van der Waals surface area contributed by atoms with Gasteiger partial charge >= 0.3 is 0 Å². The van der Waals surface area contributed by atoms with Gasteiger partial charge in [0.05, 0.1) is 6.61 Å². The van der Waals surface area contributed by atoms with Gasteiger partial charge in [-0.15, -0.1) is 0 Å². The van der Waals surface area contributed by atoms with Crippen LogP contribution in [0, 0.1) is 12.7 Å². The van der Waals surface area contributed by atoms with E-state index in [1.807, 2.05) is 13.0 Å². The Morgan fingerprint density at radius 1 is 1.47 bits per heavy atom. The van der Waals surface area contributed by atoms with Crippen molar-refractivity contribution in [3.05, 3.63) is 35.1 Å². The van der Waals surface area contributed by atoms with Crippen LogP contribution in [-0.4, -0.2) is 17.8 Å². The molecule has 0 fully saturated rings. The van der Waals surface area contributed by atoms with Crippen LogP contribution in [0.15, 0.2) is 18.2 Å². The van der Waals surface area contributed by atoms with Crippen LogP contribution < -0.4 is 5.32 Å². The Balaban J connectivity index is 2.54. The Morgan fingerprint density at radius 2 is 2.20 bits per heavy atom. The normalized spacial score (nSPS) is 12.8. The number of rotatable bonds is 5. The highest BCUT2D eigenvalue weighted by Gasteiger charge is 2.04. The minimum absolute atomic E-state index is 0.121. The van der Waals surface area contributed by atoms with Crippen LogP contribution in [0.4, 0.5) is 4.39 Å². The lowest BCUT2D eigenvalue weighted by atomic mass is 10.1. The van der Waals surface area contributed by atoms with E-state index in [2.05, 4.69) is 5.32 Å². The highest BCUT2D eigenvalue weighted by atomic mass is 19.1. The van der Waals surface area contributed by atoms with Gasteiger partial charge in [0, 0.05) is 12.6 Å². The zero-order valence-electron chi connectivity index (χ0n) is 9.26. The summed E-state index contributed by atoms with van der Waals surface area (Å²) < 4.78 is 13.0. The Bertz CT molecular complexity index is 310. The molecule has 0 spiro atoms. The summed E-state index contributed by atoms with van der Waals surface area (Å²) in [6.07, 6.45) is 0.886. The molecule has 3 heteroatoms. The third-order valence-corrected chi connectivity index (χ3v) is 2.53. The lowest BCUT2D eigenvalue weighted by Crippen LogP contribution is -2.31.